The van der Waals surface area contributed by atoms with E-state index in [0.29, 0.717) is 0 Å². The Hall–Kier alpha value is -1.46. The molecular weight excluding hydrogens is 324 g/mol. The van der Waals surface area contributed by atoms with Crippen molar-refractivity contribution < 1.29 is 4.79 Å². The van der Waals surface area contributed by atoms with Gasteiger partial charge in [0.15, 0.2) is 5.78 Å². The number of carbonyl (C=O) groups is 1. The second-order valence-corrected chi connectivity index (χ2v) is 20.1. The molecule has 1 nitrogen and oxygen atoms in total. The van der Waals surface area contributed by atoms with Gasteiger partial charge >= 0.3 is 0 Å². The molecule has 0 aliphatic rings. The van der Waals surface area contributed by atoms with E-state index in [1.807, 2.05) is 24.3 Å². The predicted octanol–water partition coefficient (Wildman–Crippen LogP) is 5.76. The lowest BCUT2D eigenvalue weighted by Gasteiger charge is -2.20. The van der Waals surface area contributed by atoms with Gasteiger partial charge < -0.3 is 0 Å². The molecule has 0 aliphatic heterocycles. The Labute approximate surface area is 149 Å². The van der Waals surface area contributed by atoms with Crippen LogP contribution in [0.3, 0.4) is 0 Å². The first kappa shape index (κ1) is 18.9. The van der Waals surface area contributed by atoms with E-state index in [-0.39, 0.29) is 5.78 Å². The molecule has 2 rings (SSSR count). The van der Waals surface area contributed by atoms with Crippen molar-refractivity contribution in [1.29, 1.82) is 0 Å². The molecule has 0 N–H and O–H groups in total. The van der Waals surface area contributed by atoms with Gasteiger partial charge in [0, 0.05) is 27.3 Å². The van der Waals surface area contributed by atoms with Gasteiger partial charge in [-0.3, -0.25) is 4.79 Å². The minimum Gasteiger partial charge on any atom is -0.289 e. The maximum Gasteiger partial charge on any atom is 0.193 e. The lowest BCUT2D eigenvalue weighted by Crippen LogP contribution is -2.26. The van der Waals surface area contributed by atoms with Crippen LogP contribution in [0.2, 0.25) is 39.3 Å². The summed E-state index contributed by atoms with van der Waals surface area (Å²) in [6.07, 6.45) is 0. The summed E-state index contributed by atoms with van der Waals surface area (Å²) in [7, 11) is -2.55. The maximum absolute atomic E-state index is 13.3. The summed E-state index contributed by atoms with van der Waals surface area (Å²) in [6.45, 7) is 14.1. The summed E-state index contributed by atoms with van der Waals surface area (Å²) in [5, 5.41) is 0. The number of benzene rings is 2. The molecule has 0 saturated carbocycles. The summed E-state index contributed by atoms with van der Waals surface area (Å²) in [4.78, 5) is 13.3. The lowest BCUT2D eigenvalue weighted by molar-refractivity contribution is 0.103. The number of hydrogen-bond acceptors (Lipinski definition) is 1. The Morgan fingerprint density at radius 3 is 1.33 bits per heavy atom. The Kier molecular flexibility index (Phi) is 5.66. The van der Waals surface area contributed by atoms with Crippen molar-refractivity contribution in [3.05, 3.63) is 70.8 Å². The summed E-state index contributed by atoms with van der Waals surface area (Å²) in [5.41, 5.74) is 4.21. The smallest absolute Gasteiger partial charge is 0.193 e. The predicted molar refractivity (Wildman–Crippen MR) is 110 cm³/mol. The van der Waals surface area contributed by atoms with Crippen LogP contribution in [0.25, 0.3) is 0 Å². The summed E-state index contributed by atoms with van der Waals surface area (Å²) in [5.74, 6) is 0.192. The molecule has 0 aromatic heterocycles. The molecule has 3 heteroatoms. The number of hydrogen-bond donors (Lipinski definition) is 0. The van der Waals surface area contributed by atoms with Gasteiger partial charge in [0.25, 0.3) is 0 Å². The van der Waals surface area contributed by atoms with Gasteiger partial charge in [0.1, 0.15) is 0 Å². The molecule has 0 aliphatic carbocycles. The highest BCUT2D eigenvalue weighted by Gasteiger charge is 2.23. The van der Waals surface area contributed by atoms with E-state index in [9.17, 15) is 4.79 Å². The third-order valence-corrected chi connectivity index (χ3v) is 6.85. The van der Waals surface area contributed by atoms with Crippen molar-refractivity contribution in [3.63, 3.8) is 0 Å². The van der Waals surface area contributed by atoms with Crippen molar-refractivity contribution in [3.8, 4) is 0 Å². The molecular formula is C21H30OSi2. The van der Waals surface area contributed by atoms with E-state index in [1.54, 1.807) is 0 Å². The highest BCUT2D eigenvalue weighted by molar-refractivity contribution is 6.76. The van der Waals surface area contributed by atoms with Gasteiger partial charge in [-0.05, 0) is 23.2 Å². The number of rotatable bonds is 6. The van der Waals surface area contributed by atoms with Crippen molar-refractivity contribution in [2.45, 2.75) is 51.4 Å². The number of ketones is 1. The molecule has 0 bridgehead atoms. The molecule has 0 atom stereocenters. The fraction of sp³-hybridized carbons (Fsp3) is 0.381. The monoisotopic (exact) mass is 354 g/mol. The van der Waals surface area contributed by atoms with E-state index in [2.05, 4.69) is 63.5 Å². The molecule has 24 heavy (non-hydrogen) atoms. The van der Waals surface area contributed by atoms with Gasteiger partial charge in [-0.1, -0.05) is 87.8 Å². The molecule has 0 unspecified atom stereocenters. The van der Waals surface area contributed by atoms with Gasteiger partial charge in [0.05, 0.1) is 0 Å². The third kappa shape index (κ3) is 5.28. The van der Waals surface area contributed by atoms with Crippen LogP contribution in [0.15, 0.2) is 48.5 Å². The highest BCUT2D eigenvalue weighted by atomic mass is 28.3. The van der Waals surface area contributed by atoms with Crippen molar-refractivity contribution in [2.24, 2.45) is 0 Å². The fourth-order valence-electron chi connectivity index (χ4n) is 3.08. The van der Waals surface area contributed by atoms with Crippen molar-refractivity contribution in [2.75, 3.05) is 0 Å². The van der Waals surface area contributed by atoms with Crippen LogP contribution in [0.1, 0.15) is 27.0 Å². The minimum atomic E-state index is -1.27. The van der Waals surface area contributed by atoms with Crippen LogP contribution < -0.4 is 0 Å². The first-order valence-corrected chi connectivity index (χ1v) is 16.2. The Balaban J connectivity index is 2.44. The van der Waals surface area contributed by atoms with Gasteiger partial charge in [-0.25, -0.2) is 0 Å². The lowest BCUT2D eigenvalue weighted by atomic mass is 9.96. The zero-order valence-electron chi connectivity index (χ0n) is 15.9. The minimum absolute atomic E-state index is 0.192. The van der Waals surface area contributed by atoms with Crippen LogP contribution in [0, 0.1) is 0 Å². The standard InChI is InChI=1S/C21H30OSi2/c1-23(2,3)15-17-11-7-9-13-19(17)21(22)20-14-10-8-12-18(20)16-24(4,5)6/h7-14H,15-16H2,1-6H3. The van der Waals surface area contributed by atoms with Crippen LogP contribution in [0.5, 0.6) is 0 Å². The normalized spacial score (nSPS) is 12.2. The van der Waals surface area contributed by atoms with Crippen LogP contribution in [-0.4, -0.2) is 21.9 Å². The first-order valence-electron chi connectivity index (χ1n) is 8.77. The zero-order chi connectivity index (χ0) is 18.0. The Morgan fingerprint density at radius 2 is 1.00 bits per heavy atom. The molecule has 0 saturated heterocycles. The average Bonchev–Trinajstić information content (AvgIpc) is 2.44. The summed E-state index contributed by atoms with van der Waals surface area (Å²) in [6, 6.07) is 18.5. The van der Waals surface area contributed by atoms with Crippen LogP contribution >= 0.6 is 0 Å². The molecule has 0 radical (unpaired) electrons. The molecule has 2 aromatic carbocycles. The van der Waals surface area contributed by atoms with Gasteiger partial charge in [0.2, 0.25) is 0 Å². The van der Waals surface area contributed by atoms with E-state index in [1.165, 1.54) is 11.1 Å². The fourth-order valence-corrected chi connectivity index (χ4v) is 5.98. The second-order valence-electron chi connectivity index (χ2n) is 9.12. The van der Waals surface area contributed by atoms with Gasteiger partial charge in [-0.15, -0.1) is 0 Å². The molecule has 128 valence electrons. The van der Waals surface area contributed by atoms with Crippen LogP contribution in [0.4, 0.5) is 0 Å². The van der Waals surface area contributed by atoms with Gasteiger partial charge in [-0.2, -0.15) is 0 Å². The van der Waals surface area contributed by atoms with Crippen molar-refractivity contribution in [1.82, 2.24) is 0 Å². The average molecular weight is 355 g/mol. The highest BCUT2D eigenvalue weighted by Crippen LogP contribution is 2.23. The van der Waals surface area contributed by atoms with Crippen molar-refractivity contribution >= 4 is 21.9 Å². The molecule has 0 heterocycles. The largest absolute Gasteiger partial charge is 0.289 e. The van der Waals surface area contributed by atoms with E-state index < -0.39 is 16.1 Å². The van der Waals surface area contributed by atoms with E-state index in [4.69, 9.17) is 0 Å². The summed E-state index contributed by atoms with van der Waals surface area (Å²) < 4.78 is 0. The number of carbonyl (C=O) groups excluding carboxylic acids is 1. The van der Waals surface area contributed by atoms with Crippen LogP contribution in [-0.2, 0) is 12.1 Å². The topological polar surface area (TPSA) is 17.1 Å². The van der Waals surface area contributed by atoms with E-state index >= 15 is 0 Å². The second kappa shape index (κ2) is 7.20. The molecule has 0 spiro atoms. The maximum atomic E-state index is 13.3. The first-order chi connectivity index (χ1) is 11.1. The summed E-state index contributed by atoms with van der Waals surface area (Å²) >= 11 is 0. The zero-order valence-corrected chi connectivity index (χ0v) is 17.9. The Morgan fingerprint density at radius 1 is 0.667 bits per heavy atom. The SMILES string of the molecule is C[Si](C)(C)Cc1ccccc1C(=O)c1ccccc1C[Si](C)(C)C. The Bertz CT molecular complexity index is 660. The molecule has 0 amide bonds. The molecule has 0 fully saturated rings. The third-order valence-electron chi connectivity index (χ3n) is 3.97. The van der Waals surface area contributed by atoms with E-state index in [0.717, 1.165) is 23.2 Å². The molecule has 2 aromatic rings. The quantitative estimate of drug-likeness (QED) is 0.476.